The number of nitrogens with two attached hydrogens (primary N) is 1. The van der Waals surface area contributed by atoms with Gasteiger partial charge in [0.15, 0.2) is 0 Å². The number of anilines is 1. The summed E-state index contributed by atoms with van der Waals surface area (Å²) in [6, 6.07) is 5.47. The first-order valence-electron chi connectivity index (χ1n) is 6.10. The summed E-state index contributed by atoms with van der Waals surface area (Å²) < 4.78 is 0. The molecule has 2 N–H and O–H groups in total. The molecule has 2 atom stereocenters. The molecule has 1 amide bonds. The highest BCUT2D eigenvalue weighted by molar-refractivity contribution is 5.94. The Kier molecular flexibility index (Phi) is 3.09. The lowest BCUT2D eigenvalue weighted by Gasteiger charge is -2.17. The van der Waals surface area contributed by atoms with Crippen molar-refractivity contribution in [1.82, 2.24) is 4.90 Å². The Bertz CT molecular complexity index is 442. The van der Waals surface area contributed by atoms with Gasteiger partial charge in [-0.15, -0.1) is 0 Å². The van der Waals surface area contributed by atoms with Crippen LogP contribution < -0.4 is 5.73 Å². The van der Waals surface area contributed by atoms with Crippen LogP contribution in [0.1, 0.15) is 29.3 Å². The third kappa shape index (κ3) is 2.60. The number of amides is 1. The Hall–Kier alpha value is -1.51. The third-order valence-electron chi connectivity index (χ3n) is 3.65. The van der Waals surface area contributed by atoms with E-state index < -0.39 is 0 Å². The van der Waals surface area contributed by atoms with Crippen LogP contribution in [0.15, 0.2) is 18.2 Å². The summed E-state index contributed by atoms with van der Waals surface area (Å²) in [6.07, 6.45) is 1.25. The molecule has 1 fully saturated rings. The molecule has 0 heterocycles. The first-order chi connectivity index (χ1) is 7.99. The minimum absolute atomic E-state index is 0.0900. The van der Waals surface area contributed by atoms with Crippen LogP contribution in [0.25, 0.3) is 0 Å². The van der Waals surface area contributed by atoms with Gasteiger partial charge >= 0.3 is 0 Å². The summed E-state index contributed by atoms with van der Waals surface area (Å²) in [7, 11) is 1.87. The van der Waals surface area contributed by atoms with Gasteiger partial charge < -0.3 is 10.6 Å². The molecule has 1 aromatic carbocycles. The number of hydrogen-bond acceptors (Lipinski definition) is 2. The fourth-order valence-electron chi connectivity index (χ4n) is 2.12. The van der Waals surface area contributed by atoms with E-state index in [0.29, 0.717) is 5.92 Å². The van der Waals surface area contributed by atoms with Gasteiger partial charge in [0, 0.05) is 24.8 Å². The number of carbonyl (C=O) groups excluding carboxylic acids is 1. The zero-order valence-electron chi connectivity index (χ0n) is 10.7. The quantitative estimate of drug-likeness (QED) is 0.813. The van der Waals surface area contributed by atoms with E-state index in [2.05, 4.69) is 6.92 Å². The second kappa shape index (κ2) is 4.40. The second-order valence-corrected chi connectivity index (χ2v) is 5.23. The maximum atomic E-state index is 12.2. The van der Waals surface area contributed by atoms with E-state index in [-0.39, 0.29) is 5.91 Å². The van der Waals surface area contributed by atoms with Gasteiger partial charge in [-0.2, -0.15) is 0 Å². The van der Waals surface area contributed by atoms with Crippen molar-refractivity contribution in [2.75, 3.05) is 19.3 Å². The maximum Gasteiger partial charge on any atom is 0.253 e. The molecular formula is C14H20N2O. The third-order valence-corrected chi connectivity index (χ3v) is 3.65. The normalized spacial score (nSPS) is 22.3. The van der Waals surface area contributed by atoms with Crippen molar-refractivity contribution in [3.8, 4) is 0 Å². The number of carbonyl (C=O) groups is 1. The molecule has 2 rings (SSSR count). The zero-order valence-corrected chi connectivity index (χ0v) is 10.7. The average molecular weight is 232 g/mol. The van der Waals surface area contributed by atoms with E-state index in [4.69, 9.17) is 5.73 Å². The van der Waals surface area contributed by atoms with Crippen molar-refractivity contribution in [3.63, 3.8) is 0 Å². The number of nitrogen functional groups attached to an aromatic ring is 1. The van der Waals surface area contributed by atoms with Gasteiger partial charge in [-0.1, -0.05) is 6.92 Å². The Labute approximate surface area is 103 Å². The van der Waals surface area contributed by atoms with Crippen molar-refractivity contribution >= 4 is 11.6 Å². The van der Waals surface area contributed by atoms with E-state index in [1.807, 2.05) is 24.9 Å². The molecule has 3 heteroatoms. The van der Waals surface area contributed by atoms with Crippen LogP contribution in [0.2, 0.25) is 0 Å². The molecule has 2 unspecified atom stereocenters. The molecule has 0 saturated heterocycles. The summed E-state index contributed by atoms with van der Waals surface area (Å²) in [5.74, 6) is 1.56. The van der Waals surface area contributed by atoms with Gasteiger partial charge in [0.05, 0.1) is 0 Å². The van der Waals surface area contributed by atoms with Gasteiger partial charge in [-0.05, 0) is 48.9 Å². The number of benzene rings is 1. The molecule has 0 radical (unpaired) electrons. The lowest BCUT2D eigenvalue weighted by atomic mass is 10.1. The molecule has 0 aromatic heterocycles. The fraction of sp³-hybridized carbons (Fsp3) is 0.500. The monoisotopic (exact) mass is 232 g/mol. The van der Waals surface area contributed by atoms with Crippen LogP contribution in [0.5, 0.6) is 0 Å². The predicted molar refractivity (Wildman–Crippen MR) is 69.8 cm³/mol. The van der Waals surface area contributed by atoms with Crippen molar-refractivity contribution in [2.45, 2.75) is 20.3 Å². The van der Waals surface area contributed by atoms with E-state index in [1.54, 1.807) is 12.1 Å². The minimum atomic E-state index is 0.0900. The number of rotatable bonds is 3. The lowest BCUT2D eigenvalue weighted by molar-refractivity contribution is 0.0787. The number of hydrogen-bond donors (Lipinski definition) is 1. The van der Waals surface area contributed by atoms with Gasteiger partial charge in [0.2, 0.25) is 0 Å². The van der Waals surface area contributed by atoms with Gasteiger partial charge in [0.25, 0.3) is 5.91 Å². The number of aryl methyl sites for hydroxylation is 1. The van der Waals surface area contributed by atoms with Crippen LogP contribution in [0.3, 0.4) is 0 Å². The first kappa shape index (κ1) is 12.0. The Morgan fingerprint density at radius 1 is 1.53 bits per heavy atom. The van der Waals surface area contributed by atoms with Crippen LogP contribution in [-0.2, 0) is 0 Å². The topological polar surface area (TPSA) is 46.3 Å². The highest BCUT2D eigenvalue weighted by Gasteiger charge is 2.34. The van der Waals surface area contributed by atoms with E-state index in [9.17, 15) is 4.79 Å². The summed E-state index contributed by atoms with van der Waals surface area (Å²) in [5, 5.41) is 0. The first-order valence-corrected chi connectivity index (χ1v) is 6.10. The zero-order chi connectivity index (χ0) is 12.6. The summed E-state index contributed by atoms with van der Waals surface area (Å²) >= 11 is 0. The highest BCUT2D eigenvalue weighted by atomic mass is 16.2. The van der Waals surface area contributed by atoms with Gasteiger partial charge in [-0.3, -0.25) is 4.79 Å². The van der Waals surface area contributed by atoms with Gasteiger partial charge in [-0.25, -0.2) is 0 Å². The number of nitrogens with zero attached hydrogens (tertiary/aromatic N) is 1. The lowest BCUT2D eigenvalue weighted by Crippen LogP contribution is -2.29. The fourth-order valence-corrected chi connectivity index (χ4v) is 2.12. The molecule has 0 aliphatic heterocycles. The van der Waals surface area contributed by atoms with Gasteiger partial charge in [0.1, 0.15) is 0 Å². The largest absolute Gasteiger partial charge is 0.399 e. The van der Waals surface area contributed by atoms with Crippen molar-refractivity contribution < 1.29 is 4.79 Å². The van der Waals surface area contributed by atoms with E-state index in [0.717, 1.165) is 29.3 Å². The summed E-state index contributed by atoms with van der Waals surface area (Å²) in [6.45, 7) is 5.02. The van der Waals surface area contributed by atoms with Crippen LogP contribution >= 0.6 is 0 Å². The predicted octanol–water partition coefficient (Wildman–Crippen LogP) is 2.31. The van der Waals surface area contributed by atoms with E-state index >= 15 is 0 Å². The second-order valence-electron chi connectivity index (χ2n) is 5.23. The molecule has 0 bridgehead atoms. The standard InChI is InChI=1S/C14H20N2O/c1-9-6-12(9)8-16(3)14(17)11-4-5-13(15)10(2)7-11/h4-5,7,9,12H,6,8,15H2,1-3H3. The van der Waals surface area contributed by atoms with Crippen LogP contribution in [-0.4, -0.2) is 24.4 Å². The molecular weight excluding hydrogens is 212 g/mol. The van der Waals surface area contributed by atoms with Crippen LogP contribution in [0, 0.1) is 18.8 Å². The van der Waals surface area contributed by atoms with Crippen molar-refractivity contribution in [2.24, 2.45) is 11.8 Å². The molecule has 3 nitrogen and oxygen atoms in total. The molecule has 1 aliphatic carbocycles. The Balaban J connectivity index is 2.05. The molecule has 92 valence electrons. The molecule has 0 spiro atoms. The van der Waals surface area contributed by atoms with Crippen molar-refractivity contribution in [1.29, 1.82) is 0 Å². The summed E-state index contributed by atoms with van der Waals surface area (Å²) in [5.41, 5.74) is 8.18. The minimum Gasteiger partial charge on any atom is -0.399 e. The molecule has 1 saturated carbocycles. The Morgan fingerprint density at radius 3 is 2.71 bits per heavy atom. The van der Waals surface area contributed by atoms with Crippen LogP contribution in [0.4, 0.5) is 5.69 Å². The SMILES string of the molecule is Cc1cc(C(=O)N(C)CC2CC2C)ccc1N. The average Bonchev–Trinajstić information content (AvgIpc) is 2.97. The molecule has 1 aromatic rings. The van der Waals surface area contributed by atoms with Crippen molar-refractivity contribution in [3.05, 3.63) is 29.3 Å². The van der Waals surface area contributed by atoms with E-state index in [1.165, 1.54) is 6.42 Å². The highest BCUT2D eigenvalue weighted by Crippen LogP contribution is 2.38. The Morgan fingerprint density at radius 2 is 2.18 bits per heavy atom. The summed E-state index contributed by atoms with van der Waals surface area (Å²) in [4.78, 5) is 14.0. The molecule has 1 aliphatic rings. The maximum absolute atomic E-state index is 12.2. The molecule has 17 heavy (non-hydrogen) atoms. The smallest absolute Gasteiger partial charge is 0.253 e.